The van der Waals surface area contributed by atoms with E-state index in [1.165, 1.54) is 5.56 Å². The molecule has 1 N–H and O–H groups in total. The Kier molecular flexibility index (Phi) is 2.96. The Morgan fingerprint density at radius 2 is 2.07 bits per heavy atom. The Morgan fingerprint density at radius 1 is 1.29 bits per heavy atom. The molecule has 2 nitrogen and oxygen atoms in total. The largest absolute Gasteiger partial charge is 0.390 e. The van der Waals surface area contributed by atoms with Gasteiger partial charge < -0.3 is 9.84 Å². The molecule has 1 saturated heterocycles. The van der Waals surface area contributed by atoms with E-state index in [0.29, 0.717) is 13.2 Å². The van der Waals surface area contributed by atoms with Gasteiger partial charge in [0.05, 0.1) is 19.3 Å². The topological polar surface area (TPSA) is 29.5 Å². The molecule has 2 rings (SSSR count). The second-order valence-electron chi connectivity index (χ2n) is 3.59. The monoisotopic (exact) mass is 190 g/mol. The van der Waals surface area contributed by atoms with Gasteiger partial charge in [0.15, 0.2) is 0 Å². The summed E-state index contributed by atoms with van der Waals surface area (Å²) in [5.74, 6) is 0. The summed E-state index contributed by atoms with van der Waals surface area (Å²) in [7, 11) is 0. The molecule has 1 atom stereocenters. The SMILES string of the molecule is OC1COC/C(=C\c2ccccc2)C1. The van der Waals surface area contributed by atoms with Crippen molar-refractivity contribution in [2.24, 2.45) is 0 Å². The van der Waals surface area contributed by atoms with Crippen LogP contribution in [0.4, 0.5) is 0 Å². The quantitative estimate of drug-likeness (QED) is 0.732. The third-order valence-corrected chi connectivity index (χ3v) is 2.27. The lowest BCUT2D eigenvalue weighted by molar-refractivity contribution is 0.0210. The van der Waals surface area contributed by atoms with Crippen molar-refractivity contribution in [3.8, 4) is 0 Å². The summed E-state index contributed by atoms with van der Waals surface area (Å²) < 4.78 is 5.25. The molecule has 0 radical (unpaired) electrons. The van der Waals surface area contributed by atoms with Gasteiger partial charge in [0.1, 0.15) is 0 Å². The smallest absolute Gasteiger partial charge is 0.0811 e. The fourth-order valence-corrected chi connectivity index (χ4v) is 1.63. The fraction of sp³-hybridized carbons (Fsp3) is 0.333. The van der Waals surface area contributed by atoms with Gasteiger partial charge in [-0.05, 0) is 17.6 Å². The van der Waals surface area contributed by atoms with Crippen molar-refractivity contribution in [2.75, 3.05) is 13.2 Å². The molecule has 0 aliphatic carbocycles. The third kappa shape index (κ3) is 2.44. The van der Waals surface area contributed by atoms with Crippen molar-refractivity contribution in [3.63, 3.8) is 0 Å². The number of aliphatic hydroxyl groups is 1. The highest BCUT2D eigenvalue weighted by Gasteiger charge is 2.13. The van der Waals surface area contributed by atoms with Gasteiger partial charge in [-0.15, -0.1) is 0 Å². The first-order valence-corrected chi connectivity index (χ1v) is 4.85. The number of aliphatic hydroxyl groups excluding tert-OH is 1. The van der Waals surface area contributed by atoms with Crippen molar-refractivity contribution in [1.82, 2.24) is 0 Å². The number of hydrogen-bond donors (Lipinski definition) is 1. The predicted octanol–water partition coefficient (Wildman–Crippen LogP) is 1.85. The van der Waals surface area contributed by atoms with Crippen LogP contribution in [0.3, 0.4) is 0 Å². The van der Waals surface area contributed by atoms with Crippen molar-refractivity contribution in [1.29, 1.82) is 0 Å². The fourth-order valence-electron chi connectivity index (χ4n) is 1.63. The molecule has 0 spiro atoms. The molecule has 1 aromatic rings. The van der Waals surface area contributed by atoms with Crippen LogP contribution in [0.15, 0.2) is 35.9 Å². The van der Waals surface area contributed by atoms with Crippen LogP contribution in [-0.4, -0.2) is 24.4 Å². The van der Waals surface area contributed by atoms with Gasteiger partial charge in [-0.2, -0.15) is 0 Å². The summed E-state index contributed by atoms with van der Waals surface area (Å²) in [6, 6.07) is 10.1. The molecular weight excluding hydrogens is 176 g/mol. The van der Waals surface area contributed by atoms with Crippen LogP contribution < -0.4 is 0 Å². The first-order valence-electron chi connectivity index (χ1n) is 4.85. The summed E-state index contributed by atoms with van der Waals surface area (Å²) >= 11 is 0. The molecule has 1 unspecified atom stereocenters. The molecule has 74 valence electrons. The minimum absolute atomic E-state index is 0.335. The molecule has 0 saturated carbocycles. The highest BCUT2D eigenvalue weighted by molar-refractivity contribution is 5.53. The van der Waals surface area contributed by atoms with Crippen molar-refractivity contribution >= 4 is 6.08 Å². The maximum atomic E-state index is 9.39. The standard InChI is InChI=1S/C12H14O2/c13-12-7-11(8-14-9-12)6-10-4-2-1-3-5-10/h1-6,12-13H,7-9H2/b11-6-. The second-order valence-corrected chi connectivity index (χ2v) is 3.59. The molecule has 1 aliphatic rings. The van der Waals surface area contributed by atoms with Gasteiger partial charge in [0, 0.05) is 0 Å². The maximum Gasteiger partial charge on any atom is 0.0811 e. The van der Waals surface area contributed by atoms with Crippen molar-refractivity contribution < 1.29 is 9.84 Å². The Bertz CT molecular complexity index is 316. The Hall–Kier alpha value is -1.12. The lowest BCUT2D eigenvalue weighted by Gasteiger charge is -2.20. The van der Waals surface area contributed by atoms with Gasteiger partial charge in [-0.1, -0.05) is 36.4 Å². The first kappa shape index (κ1) is 9.44. The first-order chi connectivity index (χ1) is 6.84. The molecule has 0 aromatic heterocycles. The molecule has 14 heavy (non-hydrogen) atoms. The summed E-state index contributed by atoms with van der Waals surface area (Å²) in [6.07, 6.45) is 2.48. The minimum atomic E-state index is -0.335. The average molecular weight is 190 g/mol. The van der Waals surface area contributed by atoms with E-state index in [1.807, 2.05) is 30.3 Å². The number of benzene rings is 1. The van der Waals surface area contributed by atoms with E-state index >= 15 is 0 Å². The zero-order valence-corrected chi connectivity index (χ0v) is 8.02. The molecular formula is C12H14O2. The van der Waals surface area contributed by atoms with Crippen LogP contribution in [-0.2, 0) is 4.74 Å². The van der Waals surface area contributed by atoms with E-state index < -0.39 is 0 Å². The van der Waals surface area contributed by atoms with Gasteiger partial charge in [0.2, 0.25) is 0 Å². The Labute approximate surface area is 83.8 Å². The van der Waals surface area contributed by atoms with Crippen LogP contribution in [0.1, 0.15) is 12.0 Å². The lowest BCUT2D eigenvalue weighted by atomic mass is 10.0. The Morgan fingerprint density at radius 3 is 2.79 bits per heavy atom. The van der Waals surface area contributed by atoms with Crippen molar-refractivity contribution in [2.45, 2.75) is 12.5 Å². The third-order valence-electron chi connectivity index (χ3n) is 2.27. The van der Waals surface area contributed by atoms with Gasteiger partial charge in [-0.25, -0.2) is 0 Å². The molecule has 1 aliphatic heterocycles. The molecule has 1 fully saturated rings. The zero-order valence-electron chi connectivity index (χ0n) is 8.02. The maximum absolute atomic E-state index is 9.39. The van der Waals surface area contributed by atoms with Crippen molar-refractivity contribution in [3.05, 3.63) is 41.5 Å². The Balaban J connectivity index is 2.10. The van der Waals surface area contributed by atoms with Crippen LogP contribution in [0.5, 0.6) is 0 Å². The van der Waals surface area contributed by atoms with Crippen LogP contribution in [0.2, 0.25) is 0 Å². The minimum Gasteiger partial charge on any atom is -0.390 e. The highest BCUT2D eigenvalue weighted by atomic mass is 16.5. The van der Waals surface area contributed by atoms with E-state index in [9.17, 15) is 5.11 Å². The average Bonchev–Trinajstić information content (AvgIpc) is 2.19. The molecule has 0 bridgehead atoms. The summed E-state index contributed by atoms with van der Waals surface area (Å²) in [5.41, 5.74) is 2.33. The van der Waals surface area contributed by atoms with E-state index in [0.717, 1.165) is 12.0 Å². The predicted molar refractivity (Wildman–Crippen MR) is 55.9 cm³/mol. The van der Waals surface area contributed by atoms with E-state index in [1.54, 1.807) is 0 Å². The summed E-state index contributed by atoms with van der Waals surface area (Å²) in [6.45, 7) is 1.11. The molecule has 1 heterocycles. The second kappa shape index (κ2) is 4.40. The summed E-state index contributed by atoms with van der Waals surface area (Å²) in [4.78, 5) is 0. The van der Waals surface area contributed by atoms with Crippen LogP contribution in [0.25, 0.3) is 6.08 Å². The van der Waals surface area contributed by atoms with Crippen LogP contribution in [0, 0.1) is 0 Å². The highest BCUT2D eigenvalue weighted by Crippen LogP contribution is 2.16. The number of ether oxygens (including phenoxy) is 1. The lowest BCUT2D eigenvalue weighted by Crippen LogP contribution is -2.23. The van der Waals surface area contributed by atoms with Gasteiger partial charge in [0.25, 0.3) is 0 Å². The van der Waals surface area contributed by atoms with Gasteiger partial charge in [-0.3, -0.25) is 0 Å². The molecule has 0 amide bonds. The van der Waals surface area contributed by atoms with E-state index in [2.05, 4.69) is 6.08 Å². The van der Waals surface area contributed by atoms with E-state index in [-0.39, 0.29) is 6.10 Å². The van der Waals surface area contributed by atoms with Crippen LogP contribution >= 0.6 is 0 Å². The molecule has 2 heteroatoms. The molecule has 1 aromatic carbocycles. The number of rotatable bonds is 1. The zero-order chi connectivity index (χ0) is 9.80. The van der Waals surface area contributed by atoms with Gasteiger partial charge >= 0.3 is 0 Å². The normalized spacial score (nSPS) is 25.2. The number of hydrogen-bond acceptors (Lipinski definition) is 2. The van der Waals surface area contributed by atoms with E-state index in [4.69, 9.17) is 4.74 Å². The summed E-state index contributed by atoms with van der Waals surface area (Å²) in [5, 5.41) is 9.39.